The number of urea groups is 1. The minimum Gasteiger partial charge on any atom is -0.396 e. The van der Waals surface area contributed by atoms with Gasteiger partial charge in [0, 0.05) is 37.0 Å². The van der Waals surface area contributed by atoms with Gasteiger partial charge in [0.15, 0.2) is 15.7 Å². The minimum atomic E-state index is -3.53. The molecular formula is C25H35N5O5S. The number of hydrogen-bond acceptors (Lipinski definition) is 8. The first kappa shape index (κ1) is 26.3. The number of nitrogens with zero attached hydrogens (tertiary/aromatic N) is 3. The summed E-state index contributed by atoms with van der Waals surface area (Å²) in [6.07, 6.45) is 2.02. The van der Waals surface area contributed by atoms with E-state index in [1.165, 1.54) is 0 Å². The second kappa shape index (κ2) is 11.1. The van der Waals surface area contributed by atoms with E-state index in [9.17, 15) is 18.3 Å². The lowest BCUT2D eigenvalue weighted by Crippen LogP contribution is -2.46. The van der Waals surface area contributed by atoms with Gasteiger partial charge in [-0.3, -0.25) is 0 Å². The summed E-state index contributed by atoms with van der Waals surface area (Å²) in [5.41, 5.74) is 1.86. The minimum absolute atomic E-state index is 0.0771. The van der Waals surface area contributed by atoms with Crippen molar-refractivity contribution in [2.75, 3.05) is 48.9 Å². The molecule has 0 radical (unpaired) electrons. The van der Waals surface area contributed by atoms with Gasteiger partial charge in [0.05, 0.1) is 30.7 Å². The summed E-state index contributed by atoms with van der Waals surface area (Å²) in [7, 11) is -3.53. The molecule has 1 atom stereocenters. The number of morpholine rings is 1. The molecule has 1 aromatic heterocycles. The molecule has 2 amide bonds. The number of hydrogen-bond donors (Lipinski definition) is 3. The third-order valence-corrected chi connectivity index (χ3v) is 9.54. The Labute approximate surface area is 212 Å². The van der Waals surface area contributed by atoms with Gasteiger partial charge in [0.25, 0.3) is 0 Å². The maximum absolute atomic E-state index is 13.4. The number of amides is 2. The largest absolute Gasteiger partial charge is 0.396 e. The van der Waals surface area contributed by atoms with E-state index in [1.54, 1.807) is 12.1 Å². The molecule has 2 fully saturated rings. The van der Waals surface area contributed by atoms with Crippen LogP contribution >= 0.6 is 0 Å². The van der Waals surface area contributed by atoms with E-state index in [0.717, 1.165) is 12.0 Å². The Morgan fingerprint density at radius 2 is 2.00 bits per heavy atom. The molecule has 1 aliphatic carbocycles. The van der Waals surface area contributed by atoms with Crippen LogP contribution in [0.25, 0.3) is 11.4 Å². The van der Waals surface area contributed by atoms with Crippen molar-refractivity contribution in [2.45, 2.75) is 50.3 Å². The van der Waals surface area contributed by atoms with Gasteiger partial charge in [-0.1, -0.05) is 0 Å². The number of carbonyl (C=O) groups is 1. The average molecular weight is 518 g/mol. The molecule has 2 aliphatic rings. The van der Waals surface area contributed by atoms with Crippen LogP contribution < -0.4 is 15.5 Å². The SMILES string of the molecule is CCNC(=O)Nc1ccc(-c2nc(N3CCOC[C@@H]3C)cc(C3(S(=O)(=O)CCCO)CCC3)n2)cc1. The number of nitrogens with one attached hydrogen (secondary N) is 2. The van der Waals surface area contributed by atoms with Crippen molar-refractivity contribution in [1.82, 2.24) is 15.3 Å². The van der Waals surface area contributed by atoms with Gasteiger partial charge in [-0.05, 0) is 63.8 Å². The van der Waals surface area contributed by atoms with E-state index >= 15 is 0 Å². The van der Waals surface area contributed by atoms with Crippen molar-refractivity contribution in [1.29, 1.82) is 0 Å². The van der Waals surface area contributed by atoms with Crippen molar-refractivity contribution < 1.29 is 23.1 Å². The zero-order valence-corrected chi connectivity index (χ0v) is 21.7. The van der Waals surface area contributed by atoms with Gasteiger partial charge >= 0.3 is 6.03 Å². The fourth-order valence-corrected chi connectivity index (χ4v) is 6.96. The quantitative estimate of drug-likeness (QED) is 0.462. The summed E-state index contributed by atoms with van der Waals surface area (Å²) in [5.74, 6) is 1.04. The van der Waals surface area contributed by atoms with E-state index in [4.69, 9.17) is 14.7 Å². The highest BCUT2D eigenvalue weighted by Crippen LogP contribution is 2.49. The van der Waals surface area contributed by atoms with Gasteiger partial charge in [-0.25, -0.2) is 23.2 Å². The molecule has 3 N–H and O–H groups in total. The summed E-state index contributed by atoms with van der Waals surface area (Å²) < 4.78 is 31.4. The third-order valence-electron chi connectivity index (χ3n) is 6.91. The second-order valence-electron chi connectivity index (χ2n) is 9.36. The molecule has 0 bridgehead atoms. The van der Waals surface area contributed by atoms with E-state index < -0.39 is 14.6 Å². The van der Waals surface area contributed by atoms with E-state index in [2.05, 4.69) is 22.5 Å². The fourth-order valence-electron chi connectivity index (χ4n) is 4.72. The zero-order valence-electron chi connectivity index (χ0n) is 20.9. The first-order valence-corrected chi connectivity index (χ1v) is 14.2. The van der Waals surface area contributed by atoms with Gasteiger partial charge in [-0.15, -0.1) is 0 Å². The molecule has 0 spiro atoms. The molecule has 11 heteroatoms. The Bertz CT molecular complexity index is 1170. The average Bonchev–Trinajstić information content (AvgIpc) is 2.82. The lowest BCUT2D eigenvalue weighted by Gasteiger charge is -2.41. The summed E-state index contributed by atoms with van der Waals surface area (Å²) in [6.45, 7) is 6.04. The molecule has 2 heterocycles. The molecule has 196 valence electrons. The summed E-state index contributed by atoms with van der Waals surface area (Å²) in [4.78, 5) is 23.6. The van der Waals surface area contributed by atoms with Crippen LogP contribution in [0.1, 0.15) is 45.2 Å². The maximum Gasteiger partial charge on any atom is 0.319 e. The van der Waals surface area contributed by atoms with Crippen molar-refractivity contribution >= 4 is 27.4 Å². The molecule has 2 aromatic rings. The summed E-state index contributed by atoms with van der Waals surface area (Å²) in [5, 5.41) is 14.7. The number of benzene rings is 1. The molecule has 1 saturated carbocycles. The highest BCUT2D eigenvalue weighted by atomic mass is 32.2. The summed E-state index contributed by atoms with van der Waals surface area (Å²) in [6, 6.07) is 8.81. The molecule has 1 aliphatic heterocycles. The smallest absolute Gasteiger partial charge is 0.319 e. The number of ether oxygens (including phenoxy) is 1. The van der Waals surface area contributed by atoms with E-state index in [0.29, 0.717) is 62.2 Å². The molecule has 1 aromatic carbocycles. The van der Waals surface area contributed by atoms with Crippen LogP contribution in [0, 0.1) is 0 Å². The maximum atomic E-state index is 13.4. The Kier molecular flexibility index (Phi) is 8.11. The van der Waals surface area contributed by atoms with E-state index in [1.807, 2.05) is 25.1 Å². The van der Waals surface area contributed by atoms with Crippen LogP contribution in [-0.4, -0.2) is 74.2 Å². The molecule has 1 saturated heterocycles. The lowest BCUT2D eigenvalue weighted by molar-refractivity contribution is 0.0985. The highest BCUT2D eigenvalue weighted by molar-refractivity contribution is 7.92. The van der Waals surface area contributed by atoms with Crippen LogP contribution in [-0.2, 0) is 19.3 Å². The molecule has 0 unspecified atom stereocenters. The molecular weight excluding hydrogens is 482 g/mol. The number of anilines is 2. The zero-order chi connectivity index (χ0) is 25.8. The van der Waals surface area contributed by atoms with E-state index in [-0.39, 0.29) is 30.9 Å². The normalized spacial score (nSPS) is 19.4. The number of aromatic nitrogens is 2. The van der Waals surface area contributed by atoms with Crippen molar-refractivity contribution in [2.24, 2.45) is 0 Å². The highest BCUT2D eigenvalue weighted by Gasteiger charge is 2.51. The topological polar surface area (TPSA) is 134 Å². The second-order valence-corrected chi connectivity index (χ2v) is 11.8. The number of aliphatic hydroxyl groups excluding tert-OH is 1. The third kappa shape index (κ3) is 5.33. The predicted octanol–water partition coefficient (Wildman–Crippen LogP) is 2.69. The number of rotatable bonds is 9. The Hall–Kier alpha value is -2.76. The van der Waals surface area contributed by atoms with Crippen LogP contribution in [0.3, 0.4) is 0 Å². The molecule has 10 nitrogen and oxygen atoms in total. The van der Waals surface area contributed by atoms with Gasteiger partial charge < -0.3 is 25.4 Å². The predicted molar refractivity (Wildman–Crippen MR) is 139 cm³/mol. The van der Waals surface area contributed by atoms with Crippen LogP contribution in [0.15, 0.2) is 30.3 Å². The Balaban J connectivity index is 1.75. The van der Waals surface area contributed by atoms with Crippen LogP contribution in [0.5, 0.6) is 0 Å². The van der Waals surface area contributed by atoms with Crippen molar-refractivity contribution in [3.05, 3.63) is 36.0 Å². The molecule has 36 heavy (non-hydrogen) atoms. The Morgan fingerprint density at radius 3 is 2.61 bits per heavy atom. The van der Waals surface area contributed by atoms with Crippen molar-refractivity contribution in [3.8, 4) is 11.4 Å². The summed E-state index contributed by atoms with van der Waals surface area (Å²) >= 11 is 0. The van der Waals surface area contributed by atoms with Crippen molar-refractivity contribution in [3.63, 3.8) is 0 Å². The first-order chi connectivity index (χ1) is 17.3. The first-order valence-electron chi connectivity index (χ1n) is 12.5. The monoisotopic (exact) mass is 517 g/mol. The van der Waals surface area contributed by atoms with Gasteiger partial charge in [0.2, 0.25) is 0 Å². The standard InChI is InChI=1S/C25H35N5O5S/c1-3-26-24(32)27-20-8-6-19(7-9-20)23-28-21(16-22(29-23)30-12-14-35-17-18(30)2)25(10-4-11-25)36(33,34)15-5-13-31/h6-9,16,18,31H,3-5,10-15,17H2,1-2H3,(H2,26,27,32)/t18-/m0/s1. The van der Waals surface area contributed by atoms with Crippen LogP contribution in [0.2, 0.25) is 0 Å². The fraction of sp³-hybridized carbons (Fsp3) is 0.560. The number of aliphatic hydroxyl groups is 1. The lowest BCUT2D eigenvalue weighted by atomic mass is 9.81. The molecule has 4 rings (SSSR count). The number of carbonyl (C=O) groups excluding carboxylic acids is 1. The van der Waals surface area contributed by atoms with Gasteiger partial charge in [0.1, 0.15) is 10.6 Å². The Morgan fingerprint density at radius 1 is 1.25 bits per heavy atom. The van der Waals surface area contributed by atoms with Crippen LogP contribution in [0.4, 0.5) is 16.3 Å². The number of sulfone groups is 1. The van der Waals surface area contributed by atoms with Gasteiger partial charge in [-0.2, -0.15) is 0 Å².